The monoisotopic (exact) mass is 219 g/mol. The number of oxazole rings is 1. The van der Waals surface area contributed by atoms with Gasteiger partial charge >= 0.3 is 5.97 Å². The second-order valence-electron chi connectivity index (χ2n) is 3.00. The first kappa shape index (κ1) is 10.2. The quantitative estimate of drug-likeness (QED) is 0.760. The molecule has 0 spiro atoms. The summed E-state index contributed by atoms with van der Waals surface area (Å²) in [5, 5.41) is 0. The lowest BCUT2D eigenvalue weighted by Gasteiger charge is -1.95. The molecule has 0 bridgehead atoms. The Labute approximate surface area is 91.1 Å². The summed E-state index contributed by atoms with van der Waals surface area (Å²) in [6.45, 7) is 0. The summed E-state index contributed by atoms with van der Waals surface area (Å²) in [6.07, 6.45) is 2.77. The van der Waals surface area contributed by atoms with Gasteiger partial charge in [0.25, 0.3) is 0 Å². The SMILES string of the molecule is COC(=O)c1coc(-c2ccnc(N)c2)n1. The fourth-order valence-electron chi connectivity index (χ4n) is 1.19. The normalized spacial score (nSPS) is 10.1. The number of nitrogen functional groups attached to an aromatic ring is 1. The van der Waals surface area contributed by atoms with E-state index in [1.807, 2.05) is 0 Å². The van der Waals surface area contributed by atoms with E-state index in [0.29, 0.717) is 17.3 Å². The van der Waals surface area contributed by atoms with E-state index in [1.165, 1.54) is 19.6 Å². The summed E-state index contributed by atoms with van der Waals surface area (Å²) in [5.74, 6) is 0.113. The Hall–Kier alpha value is -2.37. The average molecular weight is 219 g/mol. The number of rotatable bonds is 2. The van der Waals surface area contributed by atoms with Crippen molar-refractivity contribution >= 4 is 11.8 Å². The number of nitrogens with two attached hydrogens (primary N) is 1. The van der Waals surface area contributed by atoms with Crippen molar-refractivity contribution in [3.8, 4) is 11.5 Å². The van der Waals surface area contributed by atoms with Gasteiger partial charge in [0, 0.05) is 11.8 Å². The Morgan fingerprint density at radius 1 is 1.56 bits per heavy atom. The number of carbonyl (C=O) groups is 1. The Morgan fingerprint density at radius 3 is 3.06 bits per heavy atom. The molecule has 0 aromatic carbocycles. The van der Waals surface area contributed by atoms with E-state index in [0.717, 1.165) is 0 Å². The molecule has 0 saturated carbocycles. The highest BCUT2D eigenvalue weighted by molar-refractivity contribution is 5.87. The lowest BCUT2D eigenvalue weighted by molar-refractivity contribution is 0.0594. The highest BCUT2D eigenvalue weighted by Crippen LogP contribution is 2.19. The van der Waals surface area contributed by atoms with Crippen LogP contribution in [0.4, 0.5) is 5.82 Å². The zero-order chi connectivity index (χ0) is 11.5. The van der Waals surface area contributed by atoms with Gasteiger partial charge in [0.05, 0.1) is 7.11 Å². The van der Waals surface area contributed by atoms with Crippen LogP contribution in [0.2, 0.25) is 0 Å². The van der Waals surface area contributed by atoms with Crippen molar-refractivity contribution < 1.29 is 13.9 Å². The third-order valence-corrected chi connectivity index (χ3v) is 1.93. The van der Waals surface area contributed by atoms with Gasteiger partial charge < -0.3 is 14.9 Å². The van der Waals surface area contributed by atoms with E-state index < -0.39 is 5.97 Å². The fraction of sp³-hybridized carbons (Fsp3) is 0.100. The number of anilines is 1. The van der Waals surface area contributed by atoms with Crippen molar-refractivity contribution in [1.82, 2.24) is 9.97 Å². The molecule has 2 rings (SSSR count). The molecule has 16 heavy (non-hydrogen) atoms. The molecule has 0 aliphatic rings. The lowest BCUT2D eigenvalue weighted by Crippen LogP contribution is -2.01. The fourth-order valence-corrected chi connectivity index (χ4v) is 1.19. The van der Waals surface area contributed by atoms with Crippen LogP contribution in [0.25, 0.3) is 11.5 Å². The topological polar surface area (TPSA) is 91.2 Å². The minimum atomic E-state index is -0.544. The number of ether oxygens (including phenoxy) is 1. The van der Waals surface area contributed by atoms with Gasteiger partial charge in [-0.3, -0.25) is 0 Å². The second kappa shape index (κ2) is 4.01. The molecule has 0 radical (unpaired) electrons. The molecule has 0 aliphatic heterocycles. The molecule has 0 fully saturated rings. The van der Waals surface area contributed by atoms with E-state index in [-0.39, 0.29) is 5.69 Å². The van der Waals surface area contributed by atoms with Gasteiger partial charge in [-0.15, -0.1) is 0 Å². The molecule has 2 aromatic rings. The van der Waals surface area contributed by atoms with Crippen molar-refractivity contribution in [3.05, 3.63) is 30.3 Å². The number of esters is 1. The first-order chi connectivity index (χ1) is 7.70. The van der Waals surface area contributed by atoms with Gasteiger partial charge in [-0.2, -0.15) is 0 Å². The summed E-state index contributed by atoms with van der Waals surface area (Å²) in [7, 11) is 1.28. The first-order valence-electron chi connectivity index (χ1n) is 4.46. The average Bonchev–Trinajstić information content (AvgIpc) is 2.77. The smallest absolute Gasteiger partial charge is 0.360 e. The Bertz CT molecular complexity index is 522. The van der Waals surface area contributed by atoms with Gasteiger partial charge in [0.15, 0.2) is 5.69 Å². The van der Waals surface area contributed by atoms with Crippen molar-refractivity contribution in [2.75, 3.05) is 12.8 Å². The maximum absolute atomic E-state index is 11.1. The van der Waals surface area contributed by atoms with E-state index in [4.69, 9.17) is 10.2 Å². The second-order valence-corrected chi connectivity index (χ2v) is 3.00. The molecule has 2 N–H and O–H groups in total. The Morgan fingerprint density at radius 2 is 2.38 bits per heavy atom. The van der Waals surface area contributed by atoms with Crippen molar-refractivity contribution in [3.63, 3.8) is 0 Å². The Kier molecular flexibility index (Phi) is 2.55. The molecule has 82 valence electrons. The summed E-state index contributed by atoms with van der Waals surface area (Å²) >= 11 is 0. The summed E-state index contributed by atoms with van der Waals surface area (Å²) in [4.78, 5) is 19.0. The standard InChI is InChI=1S/C10H9N3O3/c1-15-10(14)7-5-16-9(13-7)6-2-3-12-8(11)4-6/h2-5H,1H3,(H2,11,12). The molecule has 0 amide bonds. The molecule has 2 aromatic heterocycles. The Balaban J connectivity index is 2.35. The molecule has 6 heteroatoms. The number of methoxy groups -OCH3 is 1. The number of nitrogens with zero attached hydrogens (tertiary/aromatic N) is 2. The number of pyridine rings is 1. The van der Waals surface area contributed by atoms with Crippen LogP contribution in [0.5, 0.6) is 0 Å². The maximum atomic E-state index is 11.1. The number of aromatic nitrogens is 2. The van der Waals surface area contributed by atoms with E-state index in [1.54, 1.807) is 12.1 Å². The molecule has 0 aliphatic carbocycles. The van der Waals surface area contributed by atoms with Crippen LogP contribution < -0.4 is 5.73 Å². The van der Waals surface area contributed by atoms with Crippen molar-refractivity contribution in [2.45, 2.75) is 0 Å². The predicted molar refractivity (Wildman–Crippen MR) is 55.5 cm³/mol. The lowest BCUT2D eigenvalue weighted by atomic mass is 10.2. The molecule has 0 saturated heterocycles. The van der Waals surface area contributed by atoms with E-state index in [9.17, 15) is 4.79 Å². The van der Waals surface area contributed by atoms with Gasteiger partial charge in [0.2, 0.25) is 5.89 Å². The van der Waals surface area contributed by atoms with Gasteiger partial charge in [-0.1, -0.05) is 0 Å². The third kappa shape index (κ3) is 1.85. The van der Waals surface area contributed by atoms with Crippen LogP contribution >= 0.6 is 0 Å². The van der Waals surface area contributed by atoms with Gasteiger partial charge in [-0.05, 0) is 12.1 Å². The van der Waals surface area contributed by atoms with Crippen LogP contribution in [0, 0.1) is 0 Å². The van der Waals surface area contributed by atoms with Crippen LogP contribution in [-0.4, -0.2) is 23.0 Å². The van der Waals surface area contributed by atoms with Crippen molar-refractivity contribution in [2.24, 2.45) is 0 Å². The first-order valence-corrected chi connectivity index (χ1v) is 4.46. The summed E-state index contributed by atoms with van der Waals surface area (Å²) < 4.78 is 9.64. The highest BCUT2D eigenvalue weighted by Gasteiger charge is 2.13. The van der Waals surface area contributed by atoms with E-state index >= 15 is 0 Å². The molecule has 0 unspecified atom stereocenters. The zero-order valence-electron chi connectivity index (χ0n) is 8.51. The van der Waals surface area contributed by atoms with Crippen LogP contribution in [0.3, 0.4) is 0 Å². The molecule has 0 atom stereocenters. The molecular weight excluding hydrogens is 210 g/mol. The van der Waals surface area contributed by atoms with Crippen LogP contribution in [-0.2, 0) is 4.74 Å². The predicted octanol–water partition coefficient (Wildman–Crippen LogP) is 1.11. The summed E-state index contributed by atoms with van der Waals surface area (Å²) in [5.41, 5.74) is 6.29. The van der Waals surface area contributed by atoms with Gasteiger partial charge in [0.1, 0.15) is 12.1 Å². The number of hydrogen-bond acceptors (Lipinski definition) is 6. The minimum Gasteiger partial charge on any atom is -0.464 e. The van der Waals surface area contributed by atoms with Gasteiger partial charge in [-0.25, -0.2) is 14.8 Å². The van der Waals surface area contributed by atoms with E-state index in [2.05, 4.69) is 14.7 Å². The number of hydrogen-bond donors (Lipinski definition) is 1. The minimum absolute atomic E-state index is 0.118. The van der Waals surface area contributed by atoms with Crippen molar-refractivity contribution in [1.29, 1.82) is 0 Å². The molecule has 2 heterocycles. The van der Waals surface area contributed by atoms with Crippen LogP contribution in [0.1, 0.15) is 10.5 Å². The largest absolute Gasteiger partial charge is 0.464 e. The summed E-state index contributed by atoms with van der Waals surface area (Å²) in [6, 6.07) is 3.29. The third-order valence-electron chi connectivity index (χ3n) is 1.93. The highest BCUT2D eigenvalue weighted by atomic mass is 16.5. The zero-order valence-corrected chi connectivity index (χ0v) is 8.51. The molecule has 6 nitrogen and oxygen atoms in total. The number of carbonyl (C=O) groups excluding carboxylic acids is 1. The molecular formula is C10H9N3O3. The van der Waals surface area contributed by atoms with Crippen LogP contribution in [0.15, 0.2) is 29.0 Å². The maximum Gasteiger partial charge on any atom is 0.360 e.